The predicted molar refractivity (Wildman–Crippen MR) is 253 cm³/mol. The van der Waals surface area contributed by atoms with Gasteiger partial charge in [-0.25, -0.2) is 0 Å². The number of aromatic amines is 1. The molecule has 0 fully saturated rings. The van der Waals surface area contributed by atoms with Gasteiger partial charge in [0.1, 0.15) is 35.9 Å². The molecule has 27 heteroatoms. The van der Waals surface area contributed by atoms with E-state index >= 15 is 0 Å². The normalized spacial score (nSPS) is 13.8. The number of primary amides is 2. The van der Waals surface area contributed by atoms with Gasteiger partial charge < -0.3 is 59.6 Å². The third-order valence-corrected chi connectivity index (χ3v) is 10.6. The van der Waals surface area contributed by atoms with Gasteiger partial charge in [0, 0.05) is 42.2 Å². The Morgan fingerprint density at radius 1 is 0.771 bits per heavy atom. The number of anilines is 1. The van der Waals surface area contributed by atoms with Crippen LogP contribution in [0.25, 0.3) is 10.9 Å². The second-order valence-corrected chi connectivity index (χ2v) is 16.6. The quantitative estimate of drug-likeness (QED) is 0.0168. The number of nitro groups is 2. The lowest BCUT2D eigenvalue weighted by Gasteiger charge is -2.27. The number of carbonyl (C=O) groups excluding carboxylic acids is 7. The Hall–Kier alpha value is -8.07. The number of aromatic nitrogens is 1. The van der Waals surface area contributed by atoms with Gasteiger partial charge in [-0.15, -0.1) is 0 Å². The van der Waals surface area contributed by atoms with Gasteiger partial charge in [-0.3, -0.25) is 64.0 Å². The number of rotatable bonds is 31. The van der Waals surface area contributed by atoms with E-state index in [1.54, 1.807) is 44.3 Å². The third kappa shape index (κ3) is 18.2. The first-order valence-corrected chi connectivity index (χ1v) is 22.1. The van der Waals surface area contributed by atoms with E-state index in [4.69, 9.17) is 22.9 Å². The van der Waals surface area contributed by atoms with Crippen LogP contribution in [0.2, 0.25) is 0 Å². The number of unbranched alkanes of at least 4 members (excludes halogenated alkanes) is 1. The Morgan fingerprint density at radius 3 is 2.01 bits per heavy atom. The number of nitro benzene ring substituents is 2. The summed E-state index contributed by atoms with van der Waals surface area (Å²) in [6.45, 7) is 3.77. The molecule has 0 bridgehead atoms. The molecule has 3 rings (SSSR count). The summed E-state index contributed by atoms with van der Waals surface area (Å²) in [5.41, 5.74) is 24.9. The van der Waals surface area contributed by atoms with Crippen molar-refractivity contribution in [2.24, 2.45) is 34.0 Å². The van der Waals surface area contributed by atoms with E-state index < -0.39 is 111 Å². The molecule has 0 radical (unpaired) electrons. The number of fused-ring (bicyclic) bond motifs is 1. The first-order valence-electron chi connectivity index (χ1n) is 22.1. The Balaban J connectivity index is 1.82. The van der Waals surface area contributed by atoms with Crippen LogP contribution in [0, 0.1) is 26.1 Å². The summed E-state index contributed by atoms with van der Waals surface area (Å²) in [5.74, 6) is -8.15. The Kier molecular flexibility index (Phi) is 22.2. The minimum atomic E-state index is -1.76. The zero-order chi connectivity index (χ0) is 52.1. The molecule has 70 heavy (non-hydrogen) atoms. The first-order chi connectivity index (χ1) is 33.1. The second kappa shape index (κ2) is 27.7. The molecule has 1 aromatic heterocycles. The highest BCUT2D eigenvalue weighted by Crippen LogP contribution is 2.29. The van der Waals surface area contributed by atoms with Crippen molar-refractivity contribution >= 4 is 81.5 Å². The number of H-pyrrole nitrogens is 1. The fourth-order valence-electron chi connectivity index (χ4n) is 6.96. The van der Waals surface area contributed by atoms with Crippen molar-refractivity contribution < 1.29 is 53.3 Å². The molecule has 3 aromatic rings. The monoisotopic (exact) mass is 980 g/mol. The molecule has 1 heterocycles. The van der Waals surface area contributed by atoms with Gasteiger partial charge in [-0.05, 0) is 75.1 Å². The van der Waals surface area contributed by atoms with Crippen LogP contribution < -0.4 is 54.9 Å². The van der Waals surface area contributed by atoms with E-state index in [0.29, 0.717) is 35.9 Å². The molecule has 0 saturated heterocycles. The van der Waals surface area contributed by atoms with Gasteiger partial charge in [-0.2, -0.15) is 5.10 Å². The van der Waals surface area contributed by atoms with Crippen LogP contribution in [-0.2, 0) is 44.8 Å². The average molecular weight is 981 g/mol. The number of carbonyl (C=O) groups is 8. The second-order valence-electron chi connectivity index (χ2n) is 16.6. The van der Waals surface area contributed by atoms with Crippen molar-refractivity contribution in [2.45, 2.75) is 114 Å². The number of nitrogens with two attached hydrogens (primary N) is 4. The average Bonchev–Trinajstić information content (AvgIpc) is 3.70. The van der Waals surface area contributed by atoms with Crippen molar-refractivity contribution in [1.29, 1.82) is 0 Å². The number of carboxylic acid groups (broad SMARTS) is 1. The number of nitrogens with one attached hydrogen (secondary N) is 7. The van der Waals surface area contributed by atoms with Crippen LogP contribution >= 0.6 is 0 Å². The number of nitrogens with zero attached hydrogens (tertiary/aromatic N) is 3. The number of hydrogen-bond donors (Lipinski definition) is 12. The third-order valence-electron chi connectivity index (χ3n) is 10.6. The minimum absolute atomic E-state index is 0.0121. The molecule has 380 valence electrons. The lowest BCUT2D eigenvalue weighted by molar-refractivity contribution is -0.393. The SMILES string of the molecule is CC(C)C[C@H](NC(=O)[C@H](CC(=O)O)NC(=O)[C@@H](N)CC/C=N/Nc1ccc([N+](=O)[O-])cc1[N+](=O)[O-])C(=O)N[C@@H](Cc1c[nH]c2ccccc12)C(=O)N[C@@H](CCC(N)=O)C(=O)N[C@@H](CCCCN)C(N)=O. The highest BCUT2D eigenvalue weighted by Gasteiger charge is 2.34. The molecular weight excluding hydrogens is 921 g/mol. The zero-order valence-corrected chi connectivity index (χ0v) is 38.5. The van der Waals surface area contributed by atoms with Crippen molar-refractivity contribution in [3.05, 3.63) is 74.5 Å². The highest BCUT2D eigenvalue weighted by atomic mass is 16.6. The largest absolute Gasteiger partial charge is 0.481 e. The topological polar surface area (TPSA) is 447 Å². The Labute approximate surface area is 400 Å². The van der Waals surface area contributed by atoms with Gasteiger partial charge in [0.15, 0.2) is 0 Å². The van der Waals surface area contributed by atoms with Crippen LogP contribution in [-0.4, -0.2) is 116 Å². The van der Waals surface area contributed by atoms with Crippen molar-refractivity contribution in [1.82, 2.24) is 31.6 Å². The van der Waals surface area contributed by atoms with E-state index in [9.17, 15) is 63.7 Å². The zero-order valence-electron chi connectivity index (χ0n) is 38.5. The molecule has 0 saturated carbocycles. The van der Waals surface area contributed by atoms with Crippen LogP contribution in [0.1, 0.15) is 77.2 Å². The molecule has 2 aromatic carbocycles. The Morgan fingerprint density at radius 2 is 1.39 bits per heavy atom. The number of benzene rings is 2. The molecule has 0 aliphatic heterocycles. The van der Waals surface area contributed by atoms with E-state index in [0.717, 1.165) is 18.2 Å². The summed E-state index contributed by atoms with van der Waals surface area (Å²) in [6, 6.07) is 1.36. The summed E-state index contributed by atoms with van der Waals surface area (Å²) in [5, 5.41) is 49.1. The van der Waals surface area contributed by atoms with Crippen molar-refractivity contribution in [3.63, 3.8) is 0 Å². The molecular formula is C43H60N14O13. The van der Waals surface area contributed by atoms with Crippen LogP contribution in [0.5, 0.6) is 0 Å². The summed E-state index contributed by atoms with van der Waals surface area (Å²) in [4.78, 5) is 129. The summed E-state index contributed by atoms with van der Waals surface area (Å²) >= 11 is 0. The maximum atomic E-state index is 14.3. The van der Waals surface area contributed by atoms with Crippen molar-refractivity contribution in [2.75, 3.05) is 12.0 Å². The summed E-state index contributed by atoms with van der Waals surface area (Å²) in [7, 11) is 0. The number of amides is 7. The molecule has 6 atom stereocenters. The van der Waals surface area contributed by atoms with Crippen LogP contribution in [0.3, 0.4) is 0 Å². The molecule has 7 amide bonds. The van der Waals surface area contributed by atoms with E-state index in [1.807, 2.05) is 0 Å². The van der Waals surface area contributed by atoms with Crippen molar-refractivity contribution in [3.8, 4) is 0 Å². The molecule has 0 aliphatic carbocycles. The number of hydrazone groups is 1. The molecule has 0 unspecified atom stereocenters. The smallest absolute Gasteiger partial charge is 0.305 e. The first kappa shape index (κ1) is 56.3. The number of carboxylic acids is 1. The highest BCUT2D eigenvalue weighted by molar-refractivity contribution is 5.98. The number of non-ortho nitro benzene ring substituents is 1. The maximum Gasteiger partial charge on any atom is 0.305 e. The number of hydrogen-bond acceptors (Lipinski definition) is 16. The molecule has 16 N–H and O–H groups in total. The number of para-hydroxylation sites is 1. The van der Waals surface area contributed by atoms with E-state index in [2.05, 4.69) is 42.1 Å². The van der Waals surface area contributed by atoms with Gasteiger partial charge >= 0.3 is 11.7 Å². The number of aliphatic carboxylic acids is 1. The molecule has 0 aliphatic rings. The van der Waals surface area contributed by atoms with E-state index in [-0.39, 0.29) is 56.6 Å². The standard InChI is InChI=1S/C43H60N14O13/c1-23(2)18-32(53-43(66)34(21-37(59)60)52-39(62)27(45)9-7-17-49-55-29-13-12-25(56(67)68)20-35(29)57(69)70)41(64)54-33(19-24-22-48-28-10-4-3-8-26(24)28)42(65)51-31(14-15-36(46)58)40(63)50-30(38(47)61)11-5-6-16-44/h3-4,8,10,12-13,17,20,22-23,27,30-34,48,55H,5-7,9,11,14-16,18-19,21,44-45H2,1-2H3,(H2,46,58)(H2,47,61)(H,50,63)(H,51,65)(H,52,62)(H,53,66)(H,54,64)(H,59,60)/b49-17+/t27-,30-,31-,32-,33-,34-/m0/s1. The van der Waals surface area contributed by atoms with Gasteiger partial charge in [-0.1, -0.05) is 32.0 Å². The lowest BCUT2D eigenvalue weighted by atomic mass is 9.99. The molecule has 0 spiro atoms. The van der Waals surface area contributed by atoms with Crippen LogP contribution in [0.15, 0.2) is 53.8 Å². The van der Waals surface area contributed by atoms with Gasteiger partial charge in [0.05, 0.1) is 28.4 Å². The van der Waals surface area contributed by atoms with Crippen LogP contribution in [0.4, 0.5) is 17.1 Å². The minimum Gasteiger partial charge on any atom is -0.481 e. The predicted octanol–water partition coefficient (Wildman–Crippen LogP) is -0.443. The Bertz CT molecular complexity index is 2410. The fourth-order valence-corrected chi connectivity index (χ4v) is 6.96. The summed E-state index contributed by atoms with van der Waals surface area (Å²) < 4.78 is 0. The van der Waals surface area contributed by atoms with E-state index in [1.165, 1.54) is 6.21 Å². The molecule has 27 nitrogen and oxygen atoms in total. The maximum absolute atomic E-state index is 14.3. The fraction of sp³-hybridized carbons (Fsp3) is 0.465. The summed E-state index contributed by atoms with van der Waals surface area (Å²) in [6.07, 6.45) is 1.97. The lowest BCUT2D eigenvalue weighted by Crippen LogP contribution is -2.60. The van der Waals surface area contributed by atoms with Gasteiger partial charge in [0.25, 0.3) is 5.69 Å². The van der Waals surface area contributed by atoms with Gasteiger partial charge in [0.2, 0.25) is 41.4 Å².